The van der Waals surface area contributed by atoms with Crippen LogP contribution in [0.5, 0.6) is 0 Å². The summed E-state index contributed by atoms with van der Waals surface area (Å²) in [4.78, 5) is 9.99. The van der Waals surface area contributed by atoms with Crippen LogP contribution < -0.4 is 20.2 Å². The zero-order valence-corrected chi connectivity index (χ0v) is 34.6. The van der Waals surface area contributed by atoms with Gasteiger partial charge < -0.3 is 9.80 Å². The molecule has 3 heterocycles. The topological polar surface area (TPSA) is 24.3 Å². The zero-order chi connectivity index (χ0) is 38.7. The summed E-state index contributed by atoms with van der Waals surface area (Å²) in [6, 6.07) is 54.1. The second-order valence-corrected chi connectivity index (χ2v) is 21.0. The lowest BCUT2D eigenvalue weighted by atomic mass is 9.85. The van der Waals surface area contributed by atoms with Gasteiger partial charge in [0.05, 0.1) is 22.4 Å². The quantitative estimate of drug-likeness (QED) is 0.145. The summed E-state index contributed by atoms with van der Waals surface area (Å²) in [5.74, 6) is 1.77. The molecule has 9 rings (SSSR count). The summed E-state index contributed by atoms with van der Waals surface area (Å²) in [6.45, 7) is 17.1. The van der Waals surface area contributed by atoms with Gasteiger partial charge in [0.15, 0.2) is 0 Å². The Morgan fingerprint density at radius 3 is 1.91 bits per heavy atom. The van der Waals surface area contributed by atoms with Crippen molar-refractivity contribution in [3.05, 3.63) is 168 Å². The number of fused-ring (bicyclic) bond motifs is 4. The van der Waals surface area contributed by atoms with Crippen molar-refractivity contribution >= 4 is 63.0 Å². The van der Waals surface area contributed by atoms with Crippen molar-refractivity contribution in [3.8, 4) is 16.9 Å². The second-order valence-electron chi connectivity index (χ2n) is 16.6. The summed E-state index contributed by atoms with van der Waals surface area (Å²) in [6.07, 6.45) is 2.00. The normalized spacial score (nSPS) is 13.1. The fourth-order valence-electron chi connectivity index (χ4n) is 8.92. The third-order valence-electron chi connectivity index (χ3n) is 12.1. The van der Waals surface area contributed by atoms with Gasteiger partial charge in [-0.1, -0.05) is 142 Å². The SMILES string of the molecule is Cc1ccccc1N1CN(c2cccc([Si](C)(C)c3ccc4c5ccccc5n(-c5cc(-c6c(C(C)C)cccc6C(C)C)ccn5)c4c3)c2)c2ccccc21. The maximum Gasteiger partial charge on any atom is 0.138 e. The third kappa shape index (κ3) is 5.93. The van der Waals surface area contributed by atoms with Crippen LogP contribution in [0.25, 0.3) is 38.8 Å². The number of aromatic nitrogens is 2. The third-order valence-corrected chi connectivity index (χ3v) is 15.6. The van der Waals surface area contributed by atoms with Gasteiger partial charge in [0.1, 0.15) is 20.6 Å². The van der Waals surface area contributed by atoms with E-state index in [0.717, 1.165) is 12.5 Å². The summed E-state index contributed by atoms with van der Waals surface area (Å²) in [5.41, 5.74) is 14.0. The Labute approximate surface area is 332 Å². The van der Waals surface area contributed by atoms with Crippen molar-refractivity contribution < 1.29 is 0 Å². The van der Waals surface area contributed by atoms with Crippen LogP contribution in [0.3, 0.4) is 0 Å². The van der Waals surface area contributed by atoms with Gasteiger partial charge in [-0.2, -0.15) is 0 Å². The molecule has 2 aromatic heterocycles. The van der Waals surface area contributed by atoms with Gasteiger partial charge in [-0.25, -0.2) is 4.98 Å². The molecule has 1 aliphatic rings. The van der Waals surface area contributed by atoms with Gasteiger partial charge >= 0.3 is 0 Å². The first-order chi connectivity index (χ1) is 27.1. The van der Waals surface area contributed by atoms with E-state index >= 15 is 0 Å². The molecule has 0 atom stereocenters. The smallest absolute Gasteiger partial charge is 0.138 e. The number of aryl methyl sites for hydroxylation is 1. The van der Waals surface area contributed by atoms with E-state index < -0.39 is 8.07 Å². The highest BCUT2D eigenvalue weighted by atomic mass is 28.3. The highest BCUT2D eigenvalue weighted by Crippen LogP contribution is 2.45. The van der Waals surface area contributed by atoms with Gasteiger partial charge in [0.2, 0.25) is 0 Å². The van der Waals surface area contributed by atoms with Crippen LogP contribution in [0.4, 0.5) is 22.7 Å². The summed E-state index contributed by atoms with van der Waals surface area (Å²) in [7, 11) is -2.19. The zero-order valence-electron chi connectivity index (χ0n) is 33.6. The van der Waals surface area contributed by atoms with E-state index in [2.05, 4.69) is 208 Å². The molecular formula is C51H50N4Si. The van der Waals surface area contributed by atoms with Crippen molar-refractivity contribution in [2.45, 2.75) is 59.5 Å². The van der Waals surface area contributed by atoms with Gasteiger partial charge in [0, 0.05) is 28.3 Å². The molecule has 6 aromatic carbocycles. The van der Waals surface area contributed by atoms with Crippen molar-refractivity contribution in [1.29, 1.82) is 0 Å². The number of para-hydroxylation sites is 4. The standard InChI is InChI=1S/C51H50N4Si/c1-34(2)41-20-15-21-42(35(3)4)51(41)37-28-29-52-50(30-37)55-46-23-11-9-19-43(46)44-27-26-40(32-49(44)55)56(6,7)39-18-14-17-38(31-39)53-33-54(45-22-10-8-16-36(45)5)48-25-13-12-24-47(48)53/h8-32,34-35H,33H2,1-7H3. The van der Waals surface area contributed by atoms with E-state index in [1.54, 1.807) is 0 Å². The maximum atomic E-state index is 5.08. The van der Waals surface area contributed by atoms with Gasteiger partial charge in [-0.05, 0) is 101 Å². The molecule has 278 valence electrons. The van der Waals surface area contributed by atoms with E-state index in [4.69, 9.17) is 4.98 Å². The molecule has 0 radical (unpaired) electrons. The van der Waals surface area contributed by atoms with E-state index in [1.165, 1.54) is 82.7 Å². The highest BCUT2D eigenvalue weighted by Gasteiger charge is 2.31. The number of hydrogen-bond acceptors (Lipinski definition) is 3. The largest absolute Gasteiger partial charge is 0.321 e. The van der Waals surface area contributed by atoms with Crippen molar-refractivity contribution in [2.24, 2.45) is 0 Å². The molecule has 0 saturated carbocycles. The Bertz CT molecular complexity index is 2730. The molecule has 56 heavy (non-hydrogen) atoms. The average Bonchev–Trinajstić information content (AvgIpc) is 3.77. The molecule has 8 aromatic rings. The molecule has 1 aliphatic heterocycles. The summed E-state index contributed by atoms with van der Waals surface area (Å²) < 4.78 is 2.40. The molecule has 0 amide bonds. The Balaban J connectivity index is 1.14. The van der Waals surface area contributed by atoms with Gasteiger partial charge in [-0.3, -0.25) is 4.57 Å². The van der Waals surface area contributed by atoms with E-state index in [9.17, 15) is 0 Å². The molecule has 0 bridgehead atoms. The number of anilines is 4. The Morgan fingerprint density at radius 1 is 0.554 bits per heavy atom. The molecule has 0 unspecified atom stereocenters. The molecule has 0 saturated heterocycles. The second kappa shape index (κ2) is 14.0. The van der Waals surface area contributed by atoms with Crippen LogP contribution in [0.2, 0.25) is 13.1 Å². The fraction of sp³-hybridized carbons (Fsp3) is 0.196. The lowest BCUT2D eigenvalue weighted by Crippen LogP contribution is -2.53. The minimum absolute atomic E-state index is 0.411. The summed E-state index contributed by atoms with van der Waals surface area (Å²) >= 11 is 0. The predicted octanol–water partition coefficient (Wildman–Crippen LogP) is 12.5. The number of pyridine rings is 1. The molecule has 0 spiro atoms. The molecule has 5 heteroatoms. The Morgan fingerprint density at radius 2 is 1.18 bits per heavy atom. The lowest BCUT2D eigenvalue weighted by molar-refractivity contribution is 0.838. The molecule has 0 aliphatic carbocycles. The molecule has 0 N–H and O–H groups in total. The van der Waals surface area contributed by atoms with Crippen molar-refractivity contribution in [2.75, 3.05) is 16.5 Å². The Kier molecular flexibility index (Phi) is 8.93. The minimum Gasteiger partial charge on any atom is -0.321 e. The van der Waals surface area contributed by atoms with E-state index in [-0.39, 0.29) is 0 Å². The lowest BCUT2D eigenvalue weighted by Gasteiger charge is -2.27. The van der Waals surface area contributed by atoms with Crippen LogP contribution in [0, 0.1) is 6.92 Å². The fourth-order valence-corrected chi connectivity index (χ4v) is 11.3. The number of hydrogen-bond donors (Lipinski definition) is 0. The van der Waals surface area contributed by atoms with E-state index in [0.29, 0.717) is 11.8 Å². The predicted molar refractivity (Wildman–Crippen MR) is 242 cm³/mol. The van der Waals surface area contributed by atoms with Gasteiger partial charge in [-0.15, -0.1) is 0 Å². The van der Waals surface area contributed by atoms with Crippen LogP contribution >= 0.6 is 0 Å². The van der Waals surface area contributed by atoms with Crippen LogP contribution in [-0.4, -0.2) is 24.3 Å². The molecular weight excluding hydrogens is 697 g/mol. The molecule has 0 fully saturated rings. The average molecular weight is 747 g/mol. The number of rotatable bonds is 8. The maximum absolute atomic E-state index is 5.08. The van der Waals surface area contributed by atoms with Crippen LogP contribution in [0.15, 0.2) is 152 Å². The molecule has 4 nitrogen and oxygen atoms in total. The monoisotopic (exact) mass is 746 g/mol. The van der Waals surface area contributed by atoms with Crippen LogP contribution in [-0.2, 0) is 0 Å². The first-order valence-corrected chi connectivity index (χ1v) is 23.1. The summed E-state index contributed by atoms with van der Waals surface area (Å²) in [5, 5.41) is 5.32. The number of nitrogens with zero attached hydrogens (tertiary/aromatic N) is 4. The van der Waals surface area contributed by atoms with E-state index in [1.807, 2.05) is 6.20 Å². The number of benzene rings is 6. The first-order valence-electron chi connectivity index (χ1n) is 20.1. The highest BCUT2D eigenvalue weighted by molar-refractivity contribution is 7.00. The minimum atomic E-state index is -2.19. The van der Waals surface area contributed by atoms with Gasteiger partial charge in [0.25, 0.3) is 0 Å². The van der Waals surface area contributed by atoms with Crippen molar-refractivity contribution in [3.63, 3.8) is 0 Å². The van der Waals surface area contributed by atoms with Crippen molar-refractivity contribution in [1.82, 2.24) is 9.55 Å². The van der Waals surface area contributed by atoms with Crippen LogP contribution in [0.1, 0.15) is 56.2 Å². The first kappa shape index (κ1) is 35.8. The Hall–Kier alpha value is -5.91.